The van der Waals surface area contributed by atoms with Gasteiger partial charge in [-0.05, 0) is 30.2 Å². The standard InChI is InChI=1S/C13H15FN2/c1-9-8-10(14)5-6-11(9)13(16)7-3-2-4-12(13)15/h2-8,12H,15-16H2,1H3. The Kier molecular flexibility index (Phi) is 2.66. The molecule has 0 bridgehead atoms. The first-order valence-electron chi connectivity index (χ1n) is 5.21. The number of hydrogen-bond donors (Lipinski definition) is 2. The van der Waals surface area contributed by atoms with Crippen LogP contribution in [0.3, 0.4) is 0 Å². The van der Waals surface area contributed by atoms with Crippen molar-refractivity contribution in [3.05, 3.63) is 59.4 Å². The van der Waals surface area contributed by atoms with Crippen LogP contribution in [0.25, 0.3) is 0 Å². The Hall–Kier alpha value is -1.45. The third kappa shape index (κ3) is 1.68. The summed E-state index contributed by atoms with van der Waals surface area (Å²) in [5.41, 5.74) is 13.2. The van der Waals surface area contributed by atoms with Gasteiger partial charge in [-0.3, -0.25) is 0 Å². The molecule has 0 saturated carbocycles. The Bertz CT molecular complexity index is 465. The molecule has 4 N–H and O–H groups in total. The van der Waals surface area contributed by atoms with Crippen molar-refractivity contribution in [3.63, 3.8) is 0 Å². The third-order valence-electron chi connectivity index (χ3n) is 3.01. The van der Waals surface area contributed by atoms with Gasteiger partial charge in [0, 0.05) is 6.04 Å². The number of benzene rings is 1. The number of aryl methyl sites for hydroxylation is 1. The molecule has 0 amide bonds. The van der Waals surface area contributed by atoms with Gasteiger partial charge >= 0.3 is 0 Å². The topological polar surface area (TPSA) is 52.0 Å². The molecule has 2 atom stereocenters. The summed E-state index contributed by atoms with van der Waals surface area (Å²) in [5.74, 6) is -0.256. The van der Waals surface area contributed by atoms with Crippen molar-refractivity contribution in [2.45, 2.75) is 18.5 Å². The minimum absolute atomic E-state index is 0.256. The van der Waals surface area contributed by atoms with Gasteiger partial charge in [-0.25, -0.2) is 4.39 Å². The van der Waals surface area contributed by atoms with E-state index in [0.717, 1.165) is 11.1 Å². The first kappa shape index (κ1) is 11.0. The Labute approximate surface area is 94.4 Å². The largest absolute Gasteiger partial charge is 0.322 e. The molecule has 2 unspecified atom stereocenters. The maximum atomic E-state index is 13.0. The van der Waals surface area contributed by atoms with Gasteiger partial charge < -0.3 is 11.5 Å². The van der Waals surface area contributed by atoms with Crippen molar-refractivity contribution in [3.8, 4) is 0 Å². The summed E-state index contributed by atoms with van der Waals surface area (Å²) in [5, 5.41) is 0. The van der Waals surface area contributed by atoms with E-state index in [4.69, 9.17) is 11.5 Å². The second-order valence-corrected chi connectivity index (χ2v) is 4.16. The normalized spacial score (nSPS) is 28.4. The molecule has 16 heavy (non-hydrogen) atoms. The highest BCUT2D eigenvalue weighted by Crippen LogP contribution is 2.29. The second-order valence-electron chi connectivity index (χ2n) is 4.16. The van der Waals surface area contributed by atoms with Gasteiger partial charge in [0.2, 0.25) is 0 Å². The van der Waals surface area contributed by atoms with E-state index in [1.165, 1.54) is 12.1 Å². The molecule has 0 spiro atoms. The molecule has 0 aromatic heterocycles. The van der Waals surface area contributed by atoms with E-state index in [1.54, 1.807) is 6.07 Å². The van der Waals surface area contributed by atoms with E-state index >= 15 is 0 Å². The summed E-state index contributed by atoms with van der Waals surface area (Å²) < 4.78 is 13.0. The molecule has 2 nitrogen and oxygen atoms in total. The predicted molar refractivity (Wildman–Crippen MR) is 63.3 cm³/mol. The highest BCUT2D eigenvalue weighted by Gasteiger charge is 2.32. The quantitative estimate of drug-likeness (QED) is 0.754. The molecule has 0 fully saturated rings. The summed E-state index contributed by atoms with van der Waals surface area (Å²) in [7, 11) is 0. The molecule has 2 rings (SSSR count). The van der Waals surface area contributed by atoms with Crippen molar-refractivity contribution in [1.29, 1.82) is 0 Å². The number of allylic oxidation sites excluding steroid dienone is 2. The van der Waals surface area contributed by atoms with Crippen molar-refractivity contribution < 1.29 is 4.39 Å². The van der Waals surface area contributed by atoms with Crippen LogP contribution in [-0.4, -0.2) is 6.04 Å². The summed E-state index contributed by atoms with van der Waals surface area (Å²) in [6.07, 6.45) is 7.45. The lowest BCUT2D eigenvalue weighted by atomic mass is 9.79. The van der Waals surface area contributed by atoms with Gasteiger partial charge in [0.15, 0.2) is 0 Å². The molecule has 0 heterocycles. The lowest BCUT2D eigenvalue weighted by molar-refractivity contribution is 0.488. The Morgan fingerprint density at radius 3 is 2.69 bits per heavy atom. The highest BCUT2D eigenvalue weighted by molar-refractivity contribution is 5.42. The molecule has 0 saturated heterocycles. The number of nitrogens with two attached hydrogens (primary N) is 2. The van der Waals surface area contributed by atoms with E-state index in [1.807, 2.05) is 31.2 Å². The van der Waals surface area contributed by atoms with Crippen LogP contribution in [0, 0.1) is 12.7 Å². The summed E-state index contributed by atoms with van der Waals surface area (Å²) in [6.45, 7) is 1.84. The predicted octanol–water partition coefficient (Wildman–Crippen LogP) is 1.74. The summed E-state index contributed by atoms with van der Waals surface area (Å²) in [4.78, 5) is 0. The van der Waals surface area contributed by atoms with Crippen LogP contribution < -0.4 is 11.5 Å². The van der Waals surface area contributed by atoms with Crippen molar-refractivity contribution in [2.75, 3.05) is 0 Å². The zero-order valence-electron chi connectivity index (χ0n) is 9.15. The molecule has 0 radical (unpaired) electrons. The van der Waals surface area contributed by atoms with E-state index in [9.17, 15) is 4.39 Å². The van der Waals surface area contributed by atoms with Crippen LogP contribution in [-0.2, 0) is 5.54 Å². The lowest BCUT2D eigenvalue weighted by Gasteiger charge is -2.34. The van der Waals surface area contributed by atoms with Gasteiger partial charge in [0.25, 0.3) is 0 Å². The van der Waals surface area contributed by atoms with Gasteiger partial charge in [-0.1, -0.05) is 30.4 Å². The fraction of sp³-hybridized carbons (Fsp3) is 0.231. The third-order valence-corrected chi connectivity index (χ3v) is 3.01. The monoisotopic (exact) mass is 218 g/mol. The fourth-order valence-corrected chi connectivity index (χ4v) is 2.05. The summed E-state index contributed by atoms with van der Waals surface area (Å²) >= 11 is 0. The Morgan fingerprint density at radius 2 is 2.06 bits per heavy atom. The molecular weight excluding hydrogens is 203 g/mol. The van der Waals surface area contributed by atoms with Crippen LogP contribution in [0.5, 0.6) is 0 Å². The average Bonchev–Trinajstić information content (AvgIpc) is 2.22. The SMILES string of the molecule is Cc1cc(F)ccc1C1(N)C=CC=CC1N. The van der Waals surface area contributed by atoms with Gasteiger partial charge in [0.1, 0.15) is 5.82 Å². The maximum Gasteiger partial charge on any atom is 0.123 e. The molecule has 3 heteroatoms. The second kappa shape index (κ2) is 3.85. The average molecular weight is 218 g/mol. The Balaban J connectivity index is 2.51. The zero-order valence-corrected chi connectivity index (χ0v) is 9.15. The van der Waals surface area contributed by atoms with Crippen molar-refractivity contribution >= 4 is 0 Å². The van der Waals surface area contributed by atoms with Crippen molar-refractivity contribution in [1.82, 2.24) is 0 Å². The molecule has 1 aliphatic rings. The van der Waals surface area contributed by atoms with Crippen LogP contribution in [0.1, 0.15) is 11.1 Å². The minimum atomic E-state index is -0.744. The molecule has 1 aromatic rings. The zero-order chi connectivity index (χ0) is 11.8. The minimum Gasteiger partial charge on any atom is -0.322 e. The van der Waals surface area contributed by atoms with Crippen molar-refractivity contribution in [2.24, 2.45) is 11.5 Å². The smallest absolute Gasteiger partial charge is 0.123 e. The first-order valence-corrected chi connectivity index (χ1v) is 5.21. The van der Waals surface area contributed by atoms with E-state index in [2.05, 4.69) is 0 Å². The number of halogens is 1. The van der Waals surface area contributed by atoms with Crippen LogP contribution in [0.4, 0.5) is 4.39 Å². The van der Waals surface area contributed by atoms with E-state index in [-0.39, 0.29) is 11.9 Å². The highest BCUT2D eigenvalue weighted by atomic mass is 19.1. The first-order chi connectivity index (χ1) is 7.54. The molecular formula is C13H15FN2. The fourth-order valence-electron chi connectivity index (χ4n) is 2.05. The molecule has 0 aliphatic heterocycles. The molecule has 84 valence electrons. The van der Waals surface area contributed by atoms with Gasteiger partial charge in [-0.15, -0.1) is 0 Å². The lowest BCUT2D eigenvalue weighted by Crippen LogP contribution is -2.51. The van der Waals surface area contributed by atoms with E-state index in [0.29, 0.717) is 0 Å². The maximum absolute atomic E-state index is 13.0. The van der Waals surface area contributed by atoms with Crippen LogP contribution in [0.15, 0.2) is 42.5 Å². The van der Waals surface area contributed by atoms with Gasteiger partial charge in [-0.2, -0.15) is 0 Å². The number of hydrogen-bond acceptors (Lipinski definition) is 2. The van der Waals surface area contributed by atoms with Gasteiger partial charge in [0.05, 0.1) is 5.54 Å². The van der Waals surface area contributed by atoms with Crippen LogP contribution >= 0.6 is 0 Å². The Morgan fingerprint density at radius 1 is 1.31 bits per heavy atom. The van der Waals surface area contributed by atoms with E-state index < -0.39 is 5.54 Å². The molecule has 1 aliphatic carbocycles. The molecule has 1 aromatic carbocycles. The number of rotatable bonds is 1. The van der Waals surface area contributed by atoms with Crippen LogP contribution in [0.2, 0.25) is 0 Å². The summed E-state index contributed by atoms with van der Waals surface area (Å²) in [6, 6.07) is 4.30.